The van der Waals surface area contributed by atoms with Crippen LogP contribution in [0.1, 0.15) is 0 Å². The summed E-state index contributed by atoms with van der Waals surface area (Å²) in [4.78, 5) is 14.8. The lowest BCUT2D eigenvalue weighted by Crippen LogP contribution is -1.95. The van der Waals surface area contributed by atoms with Crippen molar-refractivity contribution in [3.05, 3.63) is 46.5 Å². The van der Waals surface area contributed by atoms with E-state index in [1.54, 1.807) is 24.3 Å². The number of nitrogen functional groups attached to an aromatic ring is 2. The zero-order valence-corrected chi connectivity index (χ0v) is 9.83. The van der Waals surface area contributed by atoms with Crippen LogP contribution in [-0.2, 0) is 0 Å². The zero-order valence-electron chi connectivity index (χ0n) is 9.83. The molecule has 0 bridgehead atoms. The summed E-state index contributed by atoms with van der Waals surface area (Å²) in [5, 5.41) is 12.1. The zero-order chi connectivity index (χ0) is 13.6. The quantitative estimate of drug-likeness (QED) is 0.300. The summed E-state index contributed by atoms with van der Waals surface area (Å²) in [6.45, 7) is 0. The lowest BCUT2D eigenvalue weighted by atomic mass is 10.1. The van der Waals surface area contributed by atoms with Crippen LogP contribution in [0.4, 0.5) is 17.1 Å². The van der Waals surface area contributed by atoms with Gasteiger partial charge in [-0.15, -0.1) is 0 Å². The maximum Gasteiger partial charge on any atom is 0.270 e. The van der Waals surface area contributed by atoms with Gasteiger partial charge in [-0.2, -0.15) is 0 Å². The molecule has 6 heteroatoms. The molecule has 0 aliphatic heterocycles. The monoisotopic (exact) mass is 254 g/mol. The topological polar surface area (TPSA) is 108 Å². The van der Waals surface area contributed by atoms with Crippen molar-refractivity contribution in [1.82, 2.24) is 4.98 Å². The molecule has 3 rings (SSSR count). The van der Waals surface area contributed by atoms with Crippen LogP contribution in [0, 0.1) is 10.1 Å². The second-order valence-electron chi connectivity index (χ2n) is 4.26. The average molecular weight is 254 g/mol. The maximum absolute atomic E-state index is 10.8. The number of non-ortho nitro benzene ring substituents is 1. The van der Waals surface area contributed by atoms with E-state index in [1.807, 2.05) is 0 Å². The molecule has 19 heavy (non-hydrogen) atoms. The molecule has 4 N–H and O–H groups in total. The summed E-state index contributed by atoms with van der Waals surface area (Å²) in [5.41, 5.74) is 14.2. The highest BCUT2D eigenvalue weighted by molar-refractivity contribution is 6.07. The molecule has 0 atom stereocenters. The van der Waals surface area contributed by atoms with Crippen molar-refractivity contribution in [2.75, 3.05) is 11.5 Å². The summed E-state index contributed by atoms with van der Waals surface area (Å²) in [6.07, 6.45) is 0. The lowest BCUT2D eigenvalue weighted by Gasteiger charge is -2.07. The van der Waals surface area contributed by atoms with Gasteiger partial charge in [0.15, 0.2) is 0 Å². The highest BCUT2D eigenvalue weighted by Crippen LogP contribution is 2.31. The largest absolute Gasteiger partial charge is 0.399 e. The van der Waals surface area contributed by atoms with Crippen molar-refractivity contribution < 1.29 is 4.92 Å². The van der Waals surface area contributed by atoms with Crippen LogP contribution in [0.3, 0.4) is 0 Å². The first-order valence-electron chi connectivity index (χ1n) is 5.59. The van der Waals surface area contributed by atoms with E-state index in [-0.39, 0.29) is 5.69 Å². The lowest BCUT2D eigenvalue weighted by molar-refractivity contribution is -0.384. The van der Waals surface area contributed by atoms with Crippen molar-refractivity contribution in [2.45, 2.75) is 0 Å². The molecule has 1 aromatic heterocycles. The summed E-state index contributed by atoms with van der Waals surface area (Å²) in [7, 11) is 0. The van der Waals surface area contributed by atoms with E-state index < -0.39 is 4.92 Å². The minimum atomic E-state index is -0.456. The standard InChI is InChI=1S/C13H10N4O2/c14-7-1-3-11-9(5-7)13(15)10-6-8(17(18)19)2-4-12(10)16-11/h1-6H,14H2,(H2,15,16). The highest BCUT2D eigenvalue weighted by Gasteiger charge is 2.11. The van der Waals surface area contributed by atoms with Gasteiger partial charge in [-0.25, -0.2) is 4.98 Å². The van der Waals surface area contributed by atoms with Gasteiger partial charge in [0, 0.05) is 28.6 Å². The number of rotatable bonds is 1. The Bertz CT molecular complexity index is 830. The van der Waals surface area contributed by atoms with Gasteiger partial charge in [0.1, 0.15) is 0 Å². The molecule has 0 amide bonds. The van der Waals surface area contributed by atoms with Crippen molar-refractivity contribution >= 4 is 38.9 Å². The number of anilines is 2. The highest BCUT2D eigenvalue weighted by atomic mass is 16.6. The molecule has 1 heterocycles. The van der Waals surface area contributed by atoms with Gasteiger partial charge in [-0.3, -0.25) is 10.1 Å². The number of nitro groups is 1. The number of hydrogen-bond donors (Lipinski definition) is 2. The molecule has 0 aliphatic rings. The van der Waals surface area contributed by atoms with E-state index in [9.17, 15) is 10.1 Å². The molecule has 94 valence electrons. The van der Waals surface area contributed by atoms with Crippen molar-refractivity contribution in [1.29, 1.82) is 0 Å². The molecular formula is C13H10N4O2. The number of nitro benzene ring substituents is 1. The summed E-state index contributed by atoms with van der Waals surface area (Å²) in [6, 6.07) is 9.68. The summed E-state index contributed by atoms with van der Waals surface area (Å²) >= 11 is 0. The molecule has 0 spiro atoms. The summed E-state index contributed by atoms with van der Waals surface area (Å²) < 4.78 is 0. The molecule has 0 unspecified atom stereocenters. The van der Waals surface area contributed by atoms with E-state index in [0.717, 1.165) is 0 Å². The molecule has 0 saturated heterocycles. The smallest absolute Gasteiger partial charge is 0.270 e. The number of aromatic nitrogens is 1. The molecule has 3 aromatic rings. The van der Waals surface area contributed by atoms with E-state index >= 15 is 0 Å². The SMILES string of the molecule is Nc1ccc2nc3ccc([N+](=O)[O-])cc3c(N)c2c1. The van der Waals surface area contributed by atoms with Gasteiger partial charge >= 0.3 is 0 Å². The van der Waals surface area contributed by atoms with Crippen LogP contribution in [0.2, 0.25) is 0 Å². The second kappa shape index (κ2) is 3.81. The Hall–Kier alpha value is -2.89. The fourth-order valence-electron chi connectivity index (χ4n) is 2.09. The Balaban J connectivity index is 2.44. The Kier molecular flexibility index (Phi) is 2.25. The predicted molar refractivity (Wildman–Crippen MR) is 74.7 cm³/mol. The van der Waals surface area contributed by atoms with Gasteiger partial charge in [0.2, 0.25) is 0 Å². The number of benzene rings is 2. The summed E-state index contributed by atoms with van der Waals surface area (Å²) in [5.74, 6) is 0. The number of pyridine rings is 1. The fourth-order valence-corrected chi connectivity index (χ4v) is 2.09. The van der Waals surface area contributed by atoms with E-state index in [1.165, 1.54) is 12.1 Å². The molecule has 0 radical (unpaired) electrons. The van der Waals surface area contributed by atoms with E-state index in [2.05, 4.69) is 4.98 Å². The first kappa shape index (κ1) is 11.2. The molecule has 6 nitrogen and oxygen atoms in total. The average Bonchev–Trinajstić information content (AvgIpc) is 2.39. The van der Waals surface area contributed by atoms with Crippen LogP contribution in [-0.4, -0.2) is 9.91 Å². The minimum Gasteiger partial charge on any atom is -0.399 e. The fraction of sp³-hybridized carbons (Fsp3) is 0. The van der Waals surface area contributed by atoms with Gasteiger partial charge in [0.05, 0.1) is 21.6 Å². The van der Waals surface area contributed by atoms with Gasteiger partial charge in [-0.1, -0.05) is 0 Å². The normalized spacial score (nSPS) is 10.9. The Labute approximate surface area is 107 Å². The molecule has 0 aliphatic carbocycles. The van der Waals surface area contributed by atoms with Crippen molar-refractivity contribution in [2.24, 2.45) is 0 Å². The first-order valence-corrected chi connectivity index (χ1v) is 5.59. The first-order chi connectivity index (χ1) is 9.06. The maximum atomic E-state index is 10.8. The van der Waals surface area contributed by atoms with E-state index in [4.69, 9.17) is 11.5 Å². The second-order valence-corrected chi connectivity index (χ2v) is 4.26. The number of nitrogens with two attached hydrogens (primary N) is 2. The van der Waals surface area contributed by atoms with Crippen molar-refractivity contribution in [3.63, 3.8) is 0 Å². The number of nitrogens with zero attached hydrogens (tertiary/aromatic N) is 2. The van der Waals surface area contributed by atoms with Crippen LogP contribution < -0.4 is 11.5 Å². The Morgan fingerprint density at radius 2 is 1.63 bits per heavy atom. The Morgan fingerprint density at radius 1 is 1.00 bits per heavy atom. The third-order valence-electron chi connectivity index (χ3n) is 3.03. The van der Waals surface area contributed by atoms with E-state index in [0.29, 0.717) is 33.2 Å². The predicted octanol–water partition coefficient (Wildman–Crippen LogP) is 2.46. The Morgan fingerprint density at radius 3 is 2.32 bits per heavy atom. The van der Waals surface area contributed by atoms with Gasteiger partial charge in [0.25, 0.3) is 5.69 Å². The number of hydrogen-bond acceptors (Lipinski definition) is 5. The molecule has 0 fully saturated rings. The van der Waals surface area contributed by atoms with Crippen molar-refractivity contribution in [3.8, 4) is 0 Å². The van der Waals surface area contributed by atoms with Crippen LogP contribution in [0.5, 0.6) is 0 Å². The third kappa shape index (κ3) is 1.70. The molecule has 2 aromatic carbocycles. The van der Waals surface area contributed by atoms with Gasteiger partial charge < -0.3 is 11.5 Å². The van der Waals surface area contributed by atoms with Crippen LogP contribution >= 0.6 is 0 Å². The van der Waals surface area contributed by atoms with Gasteiger partial charge in [-0.05, 0) is 24.3 Å². The molecular weight excluding hydrogens is 244 g/mol. The third-order valence-corrected chi connectivity index (χ3v) is 3.03. The molecule has 0 saturated carbocycles. The minimum absolute atomic E-state index is 0.00995. The van der Waals surface area contributed by atoms with Crippen LogP contribution in [0.15, 0.2) is 36.4 Å². The number of fused-ring (bicyclic) bond motifs is 2. The van der Waals surface area contributed by atoms with Crippen LogP contribution in [0.25, 0.3) is 21.8 Å².